The summed E-state index contributed by atoms with van der Waals surface area (Å²) in [5, 5.41) is 0. The molecular weight excluding hydrogens is 182 g/mol. The molecule has 0 aliphatic rings. The smallest absolute Gasteiger partial charge is 0.306 e. The molecule has 0 spiro atoms. The summed E-state index contributed by atoms with van der Waals surface area (Å²) < 4.78 is 9.59. The lowest BCUT2D eigenvalue weighted by Gasteiger charge is -2.25. The highest BCUT2D eigenvalue weighted by molar-refractivity contribution is 5.69. The van der Waals surface area contributed by atoms with Crippen molar-refractivity contribution in [3.8, 4) is 0 Å². The van der Waals surface area contributed by atoms with Crippen LogP contribution in [0.1, 0.15) is 20.3 Å². The van der Waals surface area contributed by atoms with Gasteiger partial charge in [0.25, 0.3) is 0 Å². The van der Waals surface area contributed by atoms with Gasteiger partial charge in [-0.1, -0.05) is 0 Å². The molecule has 0 radical (unpaired) electrons. The van der Waals surface area contributed by atoms with E-state index in [0.717, 1.165) is 13.1 Å². The van der Waals surface area contributed by atoms with Crippen molar-refractivity contribution < 1.29 is 14.3 Å². The second-order valence-electron chi connectivity index (χ2n) is 3.45. The van der Waals surface area contributed by atoms with Gasteiger partial charge in [0.05, 0.1) is 20.1 Å². The van der Waals surface area contributed by atoms with Crippen LogP contribution in [0.2, 0.25) is 0 Å². The van der Waals surface area contributed by atoms with Crippen molar-refractivity contribution in [1.82, 2.24) is 4.90 Å². The number of esters is 1. The van der Waals surface area contributed by atoms with E-state index in [1.54, 1.807) is 7.11 Å². The molecule has 0 aromatic carbocycles. The van der Waals surface area contributed by atoms with E-state index in [9.17, 15) is 4.79 Å². The predicted molar refractivity (Wildman–Crippen MR) is 55.2 cm³/mol. The Morgan fingerprint density at radius 1 is 1.29 bits per heavy atom. The van der Waals surface area contributed by atoms with E-state index in [-0.39, 0.29) is 5.97 Å². The summed E-state index contributed by atoms with van der Waals surface area (Å²) >= 11 is 0. The molecule has 4 nitrogen and oxygen atoms in total. The lowest BCUT2D eigenvalue weighted by molar-refractivity contribution is -0.141. The Morgan fingerprint density at radius 2 is 1.93 bits per heavy atom. The number of hydrogen-bond donors (Lipinski definition) is 0. The zero-order valence-electron chi connectivity index (χ0n) is 9.58. The summed E-state index contributed by atoms with van der Waals surface area (Å²) in [4.78, 5) is 13.1. The first kappa shape index (κ1) is 13.4. The monoisotopic (exact) mass is 203 g/mol. The van der Waals surface area contributed by atoms with Crippen molar-refractivity contribution in [2.75, 3.05) is 33.9 Å². The number of carbonyl (C=O) groups is 1. The van der Waals surface area contributed by atoms with E-state index in [4.69, 9.17) is 4.74 Å². The Kier molecular flexibility index (Phi) is 7.42. The molecular formula is C10H21NO3. The van der Waals surface area contributed by atoms with Crippen molar-refractivity contribution in [3.63, 3.8) is 0 Å². The quantitative estimate of drug-likeness (QED) is 0.576. The maximum absolute atomic E-state index is 10.9. The van der Waals surface area contributed by atoms with Crippen LogP contribution in [0.3, 0.4) is 0 Å². The Labute approximate surface area is 86.2 Å². The molecule has 0 amide bonds. The molecule has 4 heteroatoms. The van der Waals surface area contributed by atoms with Gasteiger partial charge in [0.15, 0.2) is 0 Å². The zero-order valence-corrected chi connectivity index (χ0v) is 9.58. The number of hydrogen-bond acceptors (Lipinski definition) is 4. The van der Waals surface area contributed by atoms with Crippen molar-refractivity contribution >= 4 is 5.97 Å². The third-order valence-corrected chi connectivity index (χ3v) is 2.14. The second-order valence-corrected chi connectivity index (χ2v) is 3.45. The van der Waals surface area contributed by atoms with Crippen LogP contribution in [0.15, 0.2) is 0 Å². The summed E-state index contributed by atoms with van der Waals surface area (Å²) in [6.45, 7) is 6.48. The summed E-state index contributed by atoms with van der Waals surface area (Å²) in [5.74, 6) is -0.159. The van der Waals surface area contributed by atoms with E-state index in [2.05, 4.69) is 23.5 Å². The molecule has 0 aliphatic heterocycles. The van der Waals surface area contributed by atoms with Crippen LogP contribution in [-0.4, -0.2) is 50.8 Å². The van der Waals surface area contributed by atoms with E-state index < -0.39 is 0 Å². The van der Waals surface area contributed by atoms with Crippen molar-refractivity contribution in [2.24, 2.45) is 0 Å². The maximum atomic E-state index is 10.9. The molecule has 0 unspecified atom stereocenters. The van der Waals surface area contributed by atoms with E-state index in [0.29, 0.717) is 19.1 Å². The Hall–Kier alpha value is -0.610. The van der Waals surface area contributed by atoms with Crippen molar-refractivity contribution in [2.45, 2.75) is 26.3 Å². The zero-order chi connectivity index (χ0) is 11.0. The first-order valence-corrected chi connectivity index (χ1v) is 4.91. The maximum Gasteiger partial charge on any atom is 0.306 e. The normalized spacial score (nSPS) is 11.0. The number of rotatable bonds is 7. The summed E-state index contributed by atoms with van der Waals surface area (Å²) in [7, 11) is 3.09. The molecule has 0 fully saturated rings. The SMILES string of the molecule is COCCN(CCC(=O)OC)C(C)C. The lowest BCUT2D eigenvalue weighted by atomic mass is 10.3. The number of nitrogens with zero attached hydrogens (tertiary/aromatic N) is 1. The van der Waals surface area contributed by atoms with Crippen molar-refractivity contribution in [3.05, 3.63) is 0 Å². The highest BCUT2D eigenvalue weighted by atomic mass is 16.5. The molecule has 0 heterocycles. The number of ether oxygens (including phenoxy) is 2. The molecule has 0 aromatic rings. The van der Waals surface area contributed by atoms with Gasteiger partial charge in [0.2, 0.25) is 0 Å². The molecule has 0 aromatic heterocycles. The van der Waals surface area contributed by atoms with E-state index in [1.807, 2.05) is 0 Å². The van der Waals surface area contributed by atoms with Gasteiger partial charge >= 0.3 is 5.97 Å². The first-order valence-electron chi connectivity index (χ1n) is 4.91. The molecule has 0 bridgehead atoms. The van der Waals surface area contributed by atoms with E-state index in [1.165, 1.54) is 7.11 Å². The van der Waals surface area contributed by atoms with Crippen LogP contribution < -0.4 is 0 Å². The first-order chi connectivity index (χ1) is 6.61. The molecule has 0 rings (SSSR count). The van der Waals surface area contributed by atoms with E-state index >= 15 is 0 Å². The predicted octanol–water partition coefficient (Wildman–Crippen LogP) is 0.906. The van der Waals surface area contributed by atoms with Crippen LogP contribution in [-0.2, 0) is 14.3 Å². The van der Waals surface area contributed by atoms with Gasteiger partial charge in [-0.05, 0) is 13.8 Å². The third-order valence-electron chi connectivity index (χ3n) is 2.14. The minimum Gasteiger partial charge on any atom is -0.469 e. The van der Waals surface area contributed by atoms with Gasteiger partial charge in [-0.15, -0.1) is 0 Å². The van der Waals surface area contributed by atoms with Crippen LogP contribution >= 0.6 is 0 Å². The topological polar surface area (TPSA) is 38.8 Å². The van der Waals surface area contributed by atoms with Gasteiger partial charge in [0, 0.05) is 26.2 Å². The summed E-state index contributed by atoms with van der Waals surface area (Å²) in [5.41, 5.74) is 0. The Bertz CT molecular complexity index is 159. The lowest BCUT2D eigenvalue weighted by Crippen LogP contribution is -2.35. The van der Waals surface area contributed by atoms with Crippen LogP contribution in [0.5, 0.6) is 0 Å². The minimum absolute atomic E-state index is 0.159. The molecule has 0 atom stereocenters. The fraction of sp³-hybridized carbons (Fsp3) is 0.900. The van der Waals surface area contributed by atoms with Crippen LogP contribution in [0, 0.1) is 0 Å². The van der Waals surface area contributed by atoms with Crippen LogP contribution in [0.25, 0.3) is 0 Å². The third kappa shape index (κ3) is 5.94. The fourth-order valence-corrected chi connectivity index (χ4v) is 1.17. The molecule has 0 aliphatic carbocycles. The molecule has 0 saturated carbocycles. The van der Waals surface area contributed by atoms with Crippen molar-refractivity contribution in [1.29, 1.82) is 0 Å². The second kappa shape index (κ2) is 7.76. The molecule has 14 heavy (non-hydrogen) atoms. The Balaban J connectivity index is 3.78. The fourth-order valence-electron chi connectivity index (χ4n) is 1.17. The molecule has 84 valence electrons. The minimum atomic E-state index is -0.159. The summed E-state index contributed by atoms with van der Waals surface area (Å²) in [6, 6.07) is 0.426. The Morgan fingerprint density at radius 3 is 2.36 bits per heavy atom. The van der Waals surface area contributed by atoms with Crippen LogP contribution in [0.4, 0.5) is 0 Å². The van der Waals surface area contributed by atoms with Gasteiger partial charge in [-0.2, -0.15) is 0 Å². The average molecular weight is 203 g/mol. The van der Waals surface area contributed by atoms with Gasteiger partial charge in [0.1, 0.15) is 0 Å². The van der Waals surface area contributed by atoms with Gasteiger partial charge in [-0.3, -0.25) is 9.69 Å². The number of carbonyl (C=O) groups excluding carboxylic acids is 1. The number of methoxy groups -OCH3 is 2. The highest BCUT2D eigenvalue weighted by Crippen LogP contribution is 2.00. The van der Waals surface area contributed by atoms with Gasteiger partial charge < -0.3 is 9.47 Å². The molecule has 0 saturated heterocycles. The summed E-state index contributed by atoms with van der Waals surface area (Å²) in [6.07, 6.45) is 0.443. The average Bonchev–Trinajstić information content (AvgIpc) is 2.16. The highest BCUT2D eigenvalue weighted by Gasteiger charge is 2.10. The van der Waals surface area contributed by atoms with Gasteiger partial charge in [-0.25, -0.2) is 0 Å². The molecule has 0 N–H and O–H groups in total. The standard InChI is InChI=1S/C10H21NO3/c1-9(2)11(7-8-13-3)6-5-10(12)14-4/h9H,5-8H2,1-4H3. The largest absolute Gasteiger partial charge is 0.469 e.